The second-order valence-corrected chi connectivity index (χ2v) is 7.69. The van der Waals surface area contributed by atoms with Gasteiger partial charge in [-0.3, -0.25) is 4.90 Å². The first-order valence-corrected chi connectivity index (χ1v) is 8.74. The topological polar surface area (TPSA) is 15.3 Å². The average molecular weight is 355 g/mol. The fourth-order valence-electron chi connectivity index (χ4n) is 3.55. The van der Waals surface area contributed by atoms with Crippen molar-refractivity contribution < 1.29 is 4.39 Å². The minimum Gasteiger partial charge on any atom is -0.311 e. The quantitative estimate of drug-likeness (QED) is 0.880. The van der Waals surface area contributed by atoms with Gasteiger partial charge in [-0.15, -0.1) is 0 Å². The molecule has 2 nitrogen and oxygen atoms in total. The fourth-order valence-corrected chi connectivity index (χ4v) is 4.06. The van der Waals surface area contributed by atoms with Gasteiger partial charge in [-0.2, -0.15) is 0 Å². The van der Waals surface area contributed by atoms with Crippen molar-refractivity contribution >= 4 is 15.9 Å². The second kappa shape index (κ2) is 5.98. The lowest BCUT2D eigenvalue weighted by Crippen LogP contribution is -2.63. The zero-order chi connectivity index (χ0) is 15.0. The number of nitrogens with one attached hydrogen (secondary N) is 1. The average Bonchev–Trinajstić information content (AvgIpc) is 3.25. The molecule has 1 saturated carbocycles. The molecule has 3 rings (SSSR count). The number of benzene rings is 1. The summed E-state index contributed by atoms with van der Waals surface area (Å²) in [5, 5.41) is 3.69. The van der Waals surface area contributed by atoms with Crippen molar-refractivity contribution in [1.29, 1.82) is 0 Å². The molecule has 0 aromatic heterocycles. The van der Waals surface area contributed by atoms with E-state index < -0.39 is 0 Å². The van der Waals surface area contributed by atoms with Gasteiger partial charge in [0.05, 0.1) is 0 Å². The van der Waals surface area contributed by atoms with Gasteiger partial charge in [-0.1, -0.05) is 22.9 Å². The van der Waals surface area contributed by atoms with Crippen LogP contribution in [0.4, 0.5) is 4.39 Å². The maximum atomic E-state index is 13.6. The molecular weight excluding hydrogens is 331 g/mol. The molecule has 0 bridgehead atoms. The van der Waals surface area contributed by atoms with Crippen LogP contribution in [-0.4, -0.2) is 29.6 Å². The third-order valence-corrected chi connectivity index (χ3v) is 5.62. The predicted molar refractivity (Wildman–Crippen MR) is 87.7 cm³/mol. The molecule has 21 heavy (non-hydrogen) atoms. The highest BCUT2D eigenvalue weighted by atomic mass is 79.9. The van der Waals surface area contributed by atoms with Gasteiger partial charge < -0.3 is 5.32 Å². The maximum Gasteiger partial charge on any atom is 0.124 e. The highest BCUT2D eigenvalue weighted by molar-refractivity contribution is 9.10. The molecule has 116 valence electrons. The molecule has 0 radical (unpaired) electrons. The van der Waals surface area contributed by atoms with E-state index in [4.69, 9.17) is 0 Å². The van der Waals surface area contributed by atoms with Crippen LogP contribution < -0.4 is 5.32 Å². The van der Waals surface area contributed by atoms with Gasteiger partial charge in [-0.25, -0.2) is 4.39 Å². The van der Waals surface area contributed by atoms with Gasteiger partial charge >= 0.3 is 0 Å². The molecule has 2 fully saturated rings. The Morgan fingerprint density at radius 2 is 2.14 bits per heavy atom. The summed E-state index contributed by atoms with van der Waals surface area (Å²) in [6, 6.07) is 5.78. The molecule has 1 aliphatic carbocycles. The number of hydrogen-bond acceptors (Lipinski definition) is 2. The largest absolute Gasteiger partial charge is 0.311 e. The molecule has 1 saturated heterocycles. The summed E-state index contributed by atoms with van der Waals surface area (Å²) >= 11 is 3.40. The van der Waals surface area contributed by atoms with Crippen LogP contribution in [0.3, 0.4) is 0 Å². The van der Waals surface area contributed by atoms with E-state index in [2.05, 4.69) is 40.0 Å². The molecule has 2 atom stereocenters. The second-order valence-electron chi connectivity index (χ2n) is 6.78. The van der Waals surface area contributed by atoms with Gasteiger partial charge in [-0.05, 0) is 55.9 Å². The minimum atomic E-state index is -0.158. The van der Waals surface area contributed by atoms with Crippen molar-refractivity contribution in [1.82, 2.24) is 10.2 Å². The van der Waals surface area contributed by atoms with E-state index in [1.807, 2.05) is 6.07 Å². The van der Waals surface area contributed by atoms with E-state index in [0.717, 1.165) is 42.0 Å². The van der Waals surface area contributed by atoms with Gasteiger partial charge in [0.2, 0.25) is 0 Å². The molecule has 1 aromatic carbocycles. The van der Waals surface area contributed by atoms with Crippen LogP contribution in [0.25, 0.3) is 0 Å². The van der Waals surface area contributed by atoms with Crippen LogP contribution in [0.1, 0.15) is 38.7 Å². The first-order valence-electron chi connectivity index (χ1n) is 7.94. The highest BCUT2D eigenvalue weighted by Gasteiger charge is 2.47. The fraction of sp³-hybridized carbons (Fsp3) is 0.647. The van der Waals surface area contributed by atoms with Crippen molar-refractivity contribution in [3.05, 3.63) is 34.1 Å². The summed E-state index contributed by atoms with van der Waals surface area (Å²) in [5.74, 6) is 0.634. The number of nitrogens with zero attached hydrogens (tertiary/aromatic N) is 1. The number of rotatable bonds is 4. The Kier molecular flexibility index (Phi) is 4.40. The van der Waals surface area contributed by atoms with E-state index in [0.29, 0.717) is 6.04 Å². The lowest BCUT2D eigenvalue weighted by atomic mass is 9.88. The van der Waals surface area contributed by atoms with Crippen LogP contribution in [0, 0.1) is 11.7 Å². The van der Waals surface area contributed by atoms with Gasteiger partial charge in [0.15, 0.2) is 0 Å². The standard InChI is InChI=1S/C17H24BrFN2/c1-3-16-10-21(17(2,11-20-16)13-4-5-13)9-12-6-14(18)8-15(19)7-12/h6-8,13,16,20H,3-5,9-11H2,1-2H3. The van der Waals surface area contributed by atoms with E-state index in [1.54, 1.807) is 6.07 Å². The Morgan fingerprint density at radius 3 is 2.76 bits per heavy atom. The van der Waals surface area contributed by atoms with Crippen molar-refractivity contribution in [3.8, 4) is 0 Å². The molecule has 1 N–H and O–H groups in total. The smallest absolute Gasteiger partial charge is 0.124 e. The van der Waals surface area contributed by atoms with Crippen LogP contribution >= 0.6 is 15.9 Å². The first-order chi connectivity index (χ1) is 10.0. The number of hydrogen-bond donors (Lipinski definition) is 1. The SMILES string of the molecule is CCC1CN(Cc2cc(F)cc(Br)c2)C(C)(C2CC2)CN1. The molecule has 0 amide bonds. The molecule has 2 unspecified atom stereocenters. The van der Waals surface area contributed by atoms with Gasteiger partial charge in [0.25, 0.3) is 0 Å². The molecule has 0 spiro atoms. The summed E-state index contributed by atoms with van der Waals surface area (Å²) in [6.45, 7) is 7.54. The number of piperazine rings is 1. The predicted octanol–water partition coefficient (Wildman–Crippen LogP) is 3.94. The normalized spacial score (nSPS) is 30.6. The van der Waals surface area contributed by atoms with Gasteiger partial charge in [0.1, 0.15) is 5.82 Å². The zero-order valence-electron chi connectivity index (χ0n) is 12.8. The molecule has 1 aliphatic heterocycles. The van der Waals surface area contributed by atoms with E-state index in [-0.39, 0.29) is 11.4 Å². The van der Waals surface area contributed by atoms with Crippen LogP contribution in [0.2, 0.25) is 0 Å². The van der Waals surface area contributed by atoms with Crippen molar-refractivity contribution in [3.63, 3.8) is 0 Å². The molecule has 2 aliphatic rings. The Morgan fingerprint density at radius 1 is 1.38 bits per heavy atom. The zero-order valence-corrected chi connectivity index (χ0v) is 14.4. The summed E-state index contributed by atoms with van der Waals surface area (Å²) in [5.41, 5.74) is 1.27. The Balaban J connectivity index is 1.81. The minimum absolute atomic E-state index is 0.158. The van der Waals surface area contributed by atoms with Crippen molar-refractivity contribution in [2.75, 3.05) is 13.1 Å². The molecule has 1 heterocycles. The maximum absolute atomic E-state index is 13.6. The molecule has 1 aromatic rings. The summed E-state index contributed by atoms with van der Waals surface area (Å²) in [6.07, 6.45) is 3.81. The third-order valence-electron chi connectivity index (χ3n) is 5.16. The van der Waals surface area contributed by atoms with Crippen LogP contribution in [0.5, 0.6) is 0 Å². The monoisotopic (exact) mass is 354 g/mol. The Bertz CT molecular complexity index is 497. The summed E-state index contributed by atoms with van der Waals surface area (Å²) in [7, 11) is 0. The Hall–Kier alpha value is -0.450. The highest BCUT2D eigenvalue weighted by Crippen LogP contribution is 2.44. The first kappa shape index (κ1) is 15.4. The number of halogens is 2. The van der Waals surface area contributed by atoms with Crippen LogP contribution in [0.15, 0.2) is 22.7 Å². The van der Waals surface area contributed by atoms with E-state index >= 15 is 0 Å². The van der Waals surface area contributed by atoms with Crippen LogP contribution in [-0.2, 0) is 6.54 Å². The van der Waals surface area contributed by atoms with E-state index in [1.165, 1.54) is 18.9 Å². The van der Waals surface area contributed by atoms with Gasteiger partial charge in [0, 0.05) is 35.7 Å². The summed E-state index contributed by atoms with van der Waals surface area (Å²) in [4.78, 5) is 2.58. The van der Waals surface area contributed by atoms with Crippen molar-refractivity contribution in [2.24, 2.45) is 5.92 Å². The van der Waals surface area contributed by atoms with E-state index in [9.17, 15) is 4.39 Å². The molecular formula is C17H24BrFN2. The lowest BCUT2D eigenvalue weighted by Gasteiger charge is -2.48. The Labute approximate surface area is 135 Å². The lowest BCUT2D eigenvalue weighted by molar-refractivity contribution is 0.0270. The third kappa shape index (κ3) is 3.33. The summed E-state index contributed by atoms with van der Waals surface area (Å²) < 4.78 is 14.5. The van der Waals surface area contributed by atoms with Crippen molar-refractivity contribution in [2.45, 2.75) is 51.2 Å². The molecule has 4 heteroatoms.